The Morgan fingerprint density at radius 3 is 2.69 bits per heavy atom. The second-order valence-corrected chi connectivity index (χ2v) is 5.36. The minimum atomic E-state index is 0.556. The molecule has 0 atom stereocenters. The van der Waals surface area contributed by atoms with Crippen molar-refractivity contribution in [1.82, 2.24) is 24.7 Å². The van der Waals surface area contributed by atoms with Gasteiger partial charge in [-0.05, 0) is 18.2 Å². The molecule has 0 saturated carbocycles. The maximum absolute atomic E-state index is 5.03. The van der Waals surface area contributed by atoms with E-state index < -0.39 is 0 Å². The number of hydrogen-bond acceptors (Lipinski definition) is 7. The molecular formula is C18H15N7O. The Hall–Kier alpha value is -3.81. The predicted molar refractivity (Wildman–Crippen MR) is 98.7 cm³/mol. The van der Waals surface area contributed by atoms with Gasteiger partial charge in [0.05, 0.1) is 30.6 Å². The molecule has 0 bridgehead atoms. The summed E-state index contributed by atoms with van der Waals surface area (Å²) >= 11 is 0. The molecule has 1 N–H and O–H groups in total. The number of benzene rings is 1. The summed E-state index contributed by atoms with van der Waals surface area (Å²) in [4.78, 5) is 12.7. The lowest BCUT2D eigenvalue weighted by molar-refractivity contribution is 0.398. The molecule has 0 unspecified atom stereocenters. The van der Waals surface area contributed by atoms with E-state index in [0.29, 0.717) is 17.3 Å². The molecule has 0 aliphatic rings. The van der Waals surface area contributed by atoms with Crippen molar-refractivity contribution >= 4 is 23.1 Å². The fourth-order valence-electron chi connectivity index (χ4n) is 2.45. The average molecular weight is 345 g/mol. The summed E-state index contributed by atoms with van der Waals surface area (Å²) in [5, 5.41) is 9.41. The van der Waals surface area contributed by atoms with Gasteiger partial charge in [0.1, 0.15) is 6.33 Å². The van der Waals surface area contributed by atoms with Crippen LogP contribution in [0.5, 0.6) is 5.88 Å². The van der Waals surface area contributed by atoms with Crippen LogP contribution in [0.25, 0.3) is 16.7 Å². The number of hydrazone groups is 1. The van der Waals surface area contributed by atoms with Crippen LogP contribution in [0.4, 0.5) is 5.82 Å². The molecule has 0 spiro atoms. The molecule has 3 aromatic heterocycles. The van der Waals surface area contributed by atoms with Crippen LogP contribution in [-0.4, -0.2) is 38.1 Å². The van der Waals surface area contributed by atoms with Gasteiger partial charge in [0, 0.05) is 17.8 Å². The maximum Gasteiger partial charge on any atom is 0.212 e. The highest BCUT2D eigenvalue weighted by molar-refractivity contribution is 5.88. The molecule has 0 saturated heterocycles. The summed E-state index contributed by atoms with van der Waals surface area (Å²) in [7, 11) is 1.58. The molecule has 0 amide bonds. The highest BCUT2D eigenvalue weighted by atomic mass is 16.5. The van der Waals surface area contributed by atoms with Gasteiger partial charge >= 0.3 is 0 Å². The van der Waals surface area contributed by atoms with Crippen molar-refractivity contribution in [1.29, 1.82) is 0 Å². The van der Waals surface area contributed by atoms with Crippen molar-refractivity contribution in [3.8, 4) is 11.6 Å². The third kappa shape index (κ3) is 3.07. The van der Waals surface area contributed by atoms with E-state index in [2.05, 4.69) is 30.6 Å². The van der Waals surface area contributed by atoms with Crippen LogP contribution in [0.15, 0.2) is 66.3 Å². The Kier molecular flexibility index (Phi) is 4.21. The monoisotopic (exact) mass is 345 g/mol. The van der Waals surface area contributed by atoms with Crippen molar-refractivity contribution < 1.29 is 4.74 Å². The largest absolute Gasteiger partial charge is 0.481 e. The molecule has 1 aromatic carbocycles. The molecule has 4 rings (SSSR count). The predicted octanol–water partition coefficient (Wildman–Crippen LogP) is 2.67. The SMILES string of the molecule is COc1ccc(/C=N/Nc2ncnc3c2cnn3-c2ccccc2)cn1. The number of nitrogens with one attached hydrogen (secondary N) is 1. The molecule has 128 valence electrons. The summed E-state index contributed by atoms with van der Waals surface area (Å²) in [6, 6.07) is 13.4. The fourth-order valence-corrected chi connectivity index (χ4v) is 2.45. The third-order valence-corrected chi connectivity index (χ3v) is 3.72. The lowest BCUT2D eigenvalue weighted by Crippen LogP contribution is -1.99. The first-order chi connectivity index (χ1) is 12.8. The smallest absolute Gasteiger partial charge is 0.212 e. The number of nitrogens with zero attached hydrogens (tertiary/aromatic N) is 6. The van der Waals surface area contributed by atoms with Crippen molar-refractivity contribution in [2.75, 3.05) is 12.5 Å². The van der Waals surface area contributed by atoms with Crippen LogP contribution in [0.3, 0.4) is 0 Å². The van der Waals surface area contributed by atoms with Crippen LogP contribution in [0.1, 0.15) is 5.56 Å². The van der Waals surface area contributed by atoms with E-state index >= 15 is 0 Å². The average Bonchev–Trinajstić information content (AvgIpc) is 3.14. The van der Waals surface area contributed by atoms with E-state index in [0.717, 1.165) is 16.6 Å². The second-order valence-electron chi connectivity index (χ2n) is 5.36. The number of rotatable bonds is 5. The van der Waals surface area contributed by atoms with Gasteiger partial charge in [-0.1, -0.05) is 18.2 Å². The first-order valence-electron chi connectivity index (χ1n) is 7.88. The van der Waals surface area contributed by atoms with Gasteiger partial charge in [-0.25, -0.2) is 19.6 Å². The number of fused-ring (bicyclic) bond motifs is 1. The summed E-state index contributed by atoms with van der Waals surface area (Å²) in [6.45, 7) is 0. The molecule has 0 fully saturated rings. The van der Waals surface area contributed by atoms with E-state index in [1.807, 2.05) is 36.4 Å². The quantitative estimate of drug-likeness (QED) is 0.442. The second kappa shape index (κ2) is 6.98. The lowest BCUT2D eigenvalue weighted by Gasteiger charge is -2.03. The van der Waals surface area contributed by atoms with Crippen LogP contribution >= 0.6 is 0 Å². The Bertz CT molecular complexity index is 1040. The van der Waals surface area contributed by atoms with Gasteiger partial charge in [-0.3, -0.25) is 5.43 Å². The van der Waals surface area contributed by atoms with Crippen molar-refractivity contribution in [2.24, 2.45) is 5.10 Å². The van der Waals surface area contributed by atoms with Gasteiger partial charge < -0.3 is 4.74 Å². The van der Waals surface area contributed by atoms with E-state index in [1.165, 1.54) is 6.33 Å². The number of ether oxygens (including phenoxy) is 1. The van der Waals surface area contributed by atoms with Gasteiger partial charge in [0.15, 0.2) is 11.5 Å². The van der Waals surface area contributed by atoms with Gasteiger partial charge in [-0.2, -0.15) is 10.2 Å². The zero-order valence-electron chi connectivity index (χ0n) is 13.9. The van der Waals surface area contributed by atoms with Crippen molar-refractivity contribution in [2.45, 2.75) is 0 Å². The Morgan fingerprint density at radius 2 is 1.92 bits per heavy atom. The topological polar surface area (TPSA) is 90.1 Å². The normalized spacial score (nSPS) is 11.1. The molecule has 3 heterocycles. The summed E-state index contributed by atoms with van der Waals surface area (Å²) in [5.41, 5.74) is 5.41. The summed E-state index contributed by atoms with van der Waals surface area (Å²) < 4.78 is 6.80. The molecule has 8 nitrogen and oxygen atoms in total. The highest BCUT2D eigenvalue weighted by Crippen LogP contribution is 2.21. The Morgan fingerprint density at radius 1 is 1.04 bits per heavy atom. The molecule has 26 heavy (non-hydrogen) atoms. The number of hydrogen-bond donors (Lipinski definition) is 1. The Balaban J connectivity index is 1.59. The van der Waals surface area contributed by atoms with Gasteiger partial charge in [0.25, 0.3) is 0 Å². The van der Waals surface area contributed by atoms with Crippen LogP contribution in [0, 0.1) is 0 Å². The van der Waals surface area contributed by atoms with Crippen LogP contribution in [-0.2, 0) is 0 Å². The first kappa shape index (κ1) is 15.7. The van der Waals surface area contributed by atoms with Crippen LogP contribution in [0.2, 0.25) is 0 Å². The molecule has 0 aliphatic heterocycles. The fraction of sp³-hybridized carbons (Fsp3) is 0.0556. The zero-order valence-corrected chi connectivity index (χ0v) is 13.9. The number of para-hydroxylation sites is 1. The van der Waals surface area contributed by atoms with E-state index in [4.69, 9.17) is 4.74 Å². The van der Waals surface area contributed by atoms with Crippen LogP contribution < -0.4 is 10.2 Å². The number of aromatic nitrogens is 5. The third-order valence-electron chi connectivity index (χ3n) is 3.72. The minimum Gasteiger partial charge on any atom is -0.481 e. The number of anilines is 1. The van der Waals surface area contributed by atoms with E-state index in [1.54, 1.807) is 36.5 Å². The zero-order chi connectivity index (χ0) is 17.8. The standard InChI is InChI=1S/C18H15N7O/c1-26-16-8-7-13(9-19-16)10-22-24-17-15-11-23-25(18(15)21-12-20-17)14-5-3-2-4-6-14/h2-12H,1H3,(H,20,21,24)/b22-10+. The summed E-state index contributed by atoms with van der Waals surface area (Å²) in [5.74, 6) is 1.14. The van der Waals surface area contributed by atoms with Crippen molar-refractivity contribution in [3.63, 3.8) is 0 Å². The number of methoxy groups -OCH3 is 1. The van der Waals surface area contributed by atoms with E-state index in [9.17, 15) is 0 Å². The Labute approximate surface area is 149 Å². The van der Waals surface area contributed by atoms with Crippen molar-refractivity contribution in [3.05, 3.63) is 66.7 Å². The van der Waals surface area contributed by atoms with Gasteiger partial charge in [0.2, 0.25) is 5.88 Å². The molecule has 4 aromatic rings. The lowest BCUT2D eigenvalue weighted by atomic mass is 10.3. The minimum absolute atomic E-state index is 0.556. The number of pyridine rings is 1. The molecule has 0 radical (unpaired) electrons. The maximum atomic E-state index is 5.03. The molecule has 8 heteroatoms. The summed E-state index contributed by atoms with van der Waals surface area (Å²) in [6.07, 6.45) is 6.53. The molecular weight excluding hydrogens is 330 g/mol. The molecule has 0 aliphatic carbocycles. The highest BCUT2D eigenvalue weighted by Gasteiger charge is 2.10. The van der Waals surface area contributed by atoms with E-state index in [-0.39, 0.29) is 0 Å². The first-order valence-corrected chi connectivity index (χ1v) is 7.88. The van der Waals surface area contributed by atoms with Gasteiger partial charge in [-0.15, -0.1) is 0 Å².